The molecular weight excluding hydrogens is 196 g/mol. The average Bonchev–Trinajstić information content (AvgIpc) is 2.66. The van der Waals surface area contributed by atoms with Crippen molar-refractivity contribution in [2.24, 2.45) is 0 Å². The molecule has 2 heteroatoms. The minimum absolute atomic E-state index is 0.251. The van der Waals surface area contributed by atoms with Gasteiger partial charge in [0.25, 0.3) is 0 Å². The summed E-state index contributed by atoms with van der Waals surface area (Å²) in [5, 5.41) is 4.33. The van der Waals surface area contributed by atoms with Crippen LogP contribution in [0.2, 0.25) is 0 Å². The van der Waals surface area contributed by atoms with Crippen LogP contribution in [0.5, 0.6) is 0 Å². The topological polar surface area (TPSA) is 17.3 Å². The van der Waals surface area contributed by atoms with E-state index in [0.717, 1.165) is 0 Å². The maximum absolute atomic E-state index is 4.33. The number of nitrogens with zero attached hydrogens (tertiary/aromatic N) is 2. The number of rotatable bonds is 0. The van der Waals surface area contributed by atoms with E-state index >= 15 is 0 Å². The van der Waals surface area contributed by atoms with E-state index in [9.17, 15) is 0 Å². The van der Waals surface area contributed by atoms with Crippen LogP contribution in [0.4, 0.5) is 0 Å². The van der Waals surface area contributed by atoms with Crippen molar-refractivity contribution in [3.8, 4) is 0 Å². The minimum atomic E-state index is 0.251. The van der Waals surface area contributed by atoms with Gasteiger partial charge in [0, 0.05) is 12.4 Å². The SMILES string of the molecule is CC1(C)CC(C)(C)c2c1ccn1nccc21. The highest BCUT2D eigenvalue weighted by molar-refractivity contribution is 5.64. The second-order valence-corrected chi connectivity index (χ2v) is 6.21. The largest absolute Gasteiger partial charge is 0.241 e. The fourth-order valence-electron chi connectivity index (χ4n) is 3.56. The predicted molar refractivity (Wildman–Crippen MR) is 65.9 cm³/mol. The van der Waals surface area contributed by atoms with Crippen LogP contribution in [0.25, 0.3) is 5.52 Å². The second kappa shape index (κ2) is 2.68. The quantitative estimate of drug-likeness (QED) is 0.657. The summed E-state index contributed by atoms with van der Waals surface area (Å²) in [6.07, 6.45) is 5.18. The van der Waals surface area contributed by atoms with Gasteiger partial charge < -0.3 is 0 Å². The molecule has 0 atom stereocenters. The molecule has 0 N–H and O–H groups in total. The van der Waals surface area contributed by atoms with Crippen molar-refractivity contribution in [1.82, 2.24) is 9.61 Å². The summed E-state index contributed by atoms with van der Waals surface area (Å²) < 4.78 is 1.99. The molecule has 1 aliphatic carbocycles. The molecule has 2 aromatic rings. The van der Waals surface area contributed by atoms with Crippen LogP contribution in [0.3, 0.4) is 0 Å². The number of pyridine rings is 1. The number of aromatic nitrogens is 2. The lowest BCUT2D eigenvalue weighted by molar-refractivity contribution is 0.404. The molecule has 2 nitrogen and oxygen atoms in total. The Hall–Kier alpha value is -1.31. The summed E-state index contributed by atoms with van der Waals surface area (Å²) in [5.74, 6) is 0. The van der Waals surface area contributed by atoms with Crippen LogP contribution < -0.4 is 0 Å². The molecule has 0 aromatic carbocycles. The van der Waals surface area contributed by atoms with E-state index in [1.165, 1.54) is 23.1 Å². The minimum Gasteiger partial charge on any atom is -0.241 e. The van der Waals surface area contributed by atoms with Gasteiger partial charge in [-0.25, -0.2) is 4.52 Å². The molecule has 3 rings (SSSR count). The maximum Gasteiger partial charge on any atom is 0.0701 e. The zero-order chi connectivity index (χ0) is 11.6. The number of fused-ring (bicyclic) bond motifs is 3. The first-order valence-electron chi connectivity index (χ1n) is 5.89. The molecule has 0 amide bonds. The Kier molecular flexibility index (Phi) is 1.65. The Morgan fingerprint density at radius 2 is 1.88 bits per heavy atom. The summed E-state index contributed by atoms with van der Waals surface area (Å²) in [6.45, 7) is 9.36. The monoisotopic (exact) mass is 214 g/mol. The summed E-state index contributed by atoms with van der Waals surface area (Å²) in [5.41, 5.74) is 4.78. The first kappa shape index (κ1) is 9.88. The van der Waals surface area contributed by atoms with Crippen LogP contribution >= 0.6 is 0 Å². The Balaban J connectivity index is 2.44. The fraction of sp³-hybridized carbons (Fsp3) is 0.500. The molecule has 1 aliphatic rings. The van der Waals surface area contributed by atoms with E-state index in [2.05, 4.69) is 51.1 Å². The van der Waals surface area contributed by atoms with Crippen LogP contribution in [0.1, 0.15) is 45.2 Å². The standard InChI is InChI=1S/C14H18N2/c1-13(2)9-14(3,4)12-10(13)6-8-16-11(12)5-7-15-16/h5-8H,9H2,1-4H3. The Morgan fingerprint density at radius 1 is 1.12 bits per heavy atom. The van der Waals surface area contributed by atoms with E-state index in [0.29, 0.717) is 0 Å². The lowest BCUT2D eigenvalue weighted by Gasteiger charge is -2.22. The van der Waals surface area contributed by atoms with E-state index in [-0.39, 0.29) is 10.8 Å². The van der Waals surface area contributed by atoms with Gasteiger partial charge in [0.05, 0.1) is 5.52 Å². The smallest absolute Gasteiger partial charge is 0.0701 e. The van der Waals surface area contributed by atoms with Crippen molar-refractivity contribution in [3.63, 3.8) is 0 Å². The van der Waals surface area contributed by atoms with Gasteiger partial charge >= 0.3 is 0 Å². The lowest BCUT2D eigenvalue weighted by Crippen LogP contribution is -2.18. The van der Waals surface area contributed by atoms with Gasteiger partial charge in [-0.05, 0) is 40.5 Å². The highest BCUT2D eigenvalue weighted by Gasteiger charge is 2.43. The van der Waals surface area contributed by atoms with Crippen molar-refractivity contribution >= 4 is 5.52 Å². The zero-order valence-corrected chi connectivity index (χ0v) is 10.4. The molecule has 0 bridgehead atoms. The lowest BCUT2D eigenvalue weighted by atomic mass is 9.81. The highest BCUT2D eigenvalue weighted by atomic mass is 15.2. The molecule has 0 aliphatic heterocycles. The molecule has 84 valence electrons. The molecule has 2 heterocycles. The molecule has 0 spiro atoms. The molecular formula is C14H18N2. The van der Waals surface area contributed by atoms with Gasteiger partial charge in [-0.2, -0.15) is 5.10 Å². The van der Waals surface area contributed by atoms with Gasteiger partial charge in [-0.3, -0.25) is 0 Å². The summed E-state index contributed by atoms with van der Waals surface area (Å²) in [6, 6.07) is 4.37. The van der Waals surface area contributed by atoms with Gasteiger partial charge in [0.1, 0.15) is 0 Å². The number of hydrogen-bond acceptors (Lipinski definition) is 1. The first-order chi connectivity index (χ1) is 7.42. The van der Waals surface area contributed by atoms with Crippen molar-refractivity contribution < 1.29 is 0 Å². The molecule has 0 unspecified atom stereocenters. The maximum atomic E-state index is 4.33. The molecule has 0 radical (unpaired) electrons. The Labute approximate surface area is 96.3 Å². The predicted octanol–water partition coefficient (Wildman–Crippen LogP) is 3.29. The van der Waals surface area contributed by atoms with Crippen molar-refractivity contribution in [2.75, 3.05) is 0 Å². The van der Waals surface area contributed by atoms with Crippen LogP contribution in [-0.4, -0.2) is 9.61 Å². The van der Waals surface area contributed by atoms with E-state index in [1.807, 2.05) is 10.7 Å². The average molecular weight is 214 g/mol. The van der Waals surface area contributed by atoms with Crippen LogP contribution in [-0.2, 0) is 10.8 Å². The Bertz CT molecular complexity index is 561. The third-order valence-electron chi connectivity index (χ3n) is 3.87. The molecule has 2 aromatic heterocycles. The second-order valence-electron chi connectivity index (χ2n) is 6.21. The first-order valence-corrected chi connectivity index (χ1v) is 5.89. The normalized spacial score (nSPS) is 21.2. The Morgan fingerprint density at radius 3 is 2.62 bits per heavy atom. The van der Waals surface area contributed by atoms with E-state index in [4.69, 9.17) is 0 Å². The van der Waals surface area contributed by atoms with Gasteiger partial charge in [0.15, 0.2) is 0 Å². The molecule has 0 fully saturated rings. The molecule has 0 saturated carbocycles. The van der Waals surface area contributed by atoms with Gasteiger partial charge in [0.2, 0.25) is 0 Å². The summed E-state index contributed by atoms with van der Waals surface area (Å²) in [7, 11) is 0. The van der Waals surface area contributed by atoms with Crippen molar-refractivity contribution in [1.29, 1.82) is 0 Å². The fourth-order valence-corrected chi connectivity index (χ4v) is 3.56. The van der Waals surface area contributed by atoms with Crippen molar-refractivity contribution in [3.05, 3.63) is 35.7 Å². The summed E-state index contributed by atoms with van der Waals surface area (Å²) >= 11 is 0. The van der Waals surface area contributed by atoms with Gasteiger partial charge in [-0.15, -0.1) is 0 Å². The molecule has 16 heavy (non-hydrogen) atoms. The number of hydrogen-bond donors (Lipinski definition) is 0. The van der Waals surface area contributed by atoms with Crippen LogP contribution in [0, 0.1) is 0 Å². The van der Waals surface area contributed by atoms with Crippen molar-refractivity contribution in [2.45, 2.75) is 44.9 Å². The zero-order valence-electron chi connectivity index (χ0n) is 10.4. The van der Waals surface area contributed by atoms with E-state index in [1.54, 1.807) is 0 Å². The molecule has 0 saturated heterocycles. The van der Waals surface area contributed by atoms with Crippen LogP contribution in [0.15, 0.2) is 24.5 Å². The van der Waals surface area contributed by atoms with Gasteiger partial charge in [-0.1, -0.05) is 27.7 Å². The van der Waals surface area contributed by atoms with E-state index < -0.39 is 0 Å². The third-order valence-corrected chi connectivity index (χ3v) is 3.87. The summed E-state index contributed by atoms with van der Waals surface area (Å²) in [4.78, 5) is 0. The third kappa shape index (κ3) is 1.10. The highest BCUT2D eigenvalue weighted by Crippen LogP contribution is 2.50.